The maximum atomic E-state index is 5.54. The third-order valence-corrected chi connectivity index (χ3v) is 5.61. The second kappa shape index (κ2) is 3.48. The summed E-state index contributed by atoms with van der Waals surface area (Å²) in [5.41, 5.74) is 1.13. The molecule has 2 aliphatic carbocycles. The van der Waals surface area contributed by atoms with Gasteiger partial charge in [-0.15, -0.1) is 0 Å². The molecule has 3 unspecified atom stereocenters. The Bertz CT molecular complexity index is 226. The van der Waals surface area contributed by atoms with Crippen LogP contribution in [0.15, 0.2) is 0 Å². The molecule has 14 heavy (non-hydrogen) atoms. The fourth-order valence-electron chi connectivity index (χ4n) is 3.76. The van der Waals surface area contributed by atoms with Crippen molar-refractivity contribution in [2.75, 3.05) is 12.4 Å². The molecule has 2 rings (SSSR count). The Kier molecular flexibility index (Phi) is 2.72. The Balaban J connectivity index is 2.10. The van der Waals surface area contributed by atoms with Crippen molar-refractivity contribution in [2.45, 2.75) is 45.6 Å². The summed E-state index contributed by atoms with van der Waals surface area (Å²) in [6, 6.07) is 0. The number of halogens is 1. The van der Waals surface area contributed by atoms with Gasteiger partial charge in [-0.2, -0.15) is 0 Å². The van der Waals surface area contributed by atoms with Gasteiger partial charge in [-0.05, 0) is 36.0 Å². The highest BCUT2D eigenvalue weighted by atomic mass is 79.9. The normalized spacial score (nSPS) is 45.4. The number of hydrogen-bond acceptors (Lipinski definition) is 1. The molecule has 0 aromatic rings. The molecule has 0 aromatic carbocycles. The smallest absolute Gasteiger partial charge is 0.0577 e. The topological polar surface area (TPSA) is 9.23 Å². The number of alkyl halides is 1. The van der Waals surface area contributed by atoms with Crippen molar-refractivity contribution in [1.29, 1.82) is 0 Å². The van der Waals surface area contributed by atoms with Crippen molar-refractivity contribution < 1.29 is 4.74 Å². The molecule has 0 bridgehead atoms. The Morgan fingerprint density at radius 2 is 2.14 bits per heavy atom. The molecule has 3 atom stereocenters. The largest absolute Gasteiger partial charge is 0.381 e. The van der Waals surface area contributed by atoms with Crippen LogP contribution in [0.5, 0.6) is 0 Å². The lowest BCUT2D eigenvalue weighted by molar-refractivity contribution is 0.0333. The molecular formula is C12H21BrO. The van der Waals surface area contributed by atoms with Crippen LogP contribution in [0.2, 0.25) is 0 Å². The van der Waals surface area contributed by atoms with Crippen LogP contribution < -0.4 is 0 Å². The Hall–Kier alpha value is 0.440. The second-order valence-electron chi connectivity index (χ2n) is 5.54. The van der Waals surface area contributed by atoms with Crippen LogP contribution in [-0.4, -0.2) is 18.5 Å². The fourth-order valence-corrected chi connectivity index (χ4v) is 5.19. The molecule has 2 fully saturated rings. The van der Waals surface area contributed by atoms with Gasteiger partial charge in [0.1, 0.15) is 0 Å². The average Bonchev–Trinajstić information content (AvgIpc) is 2.61. The van der Waals surface area contributed by atoms with Crippen LogP contribution in [0.1, 0.15) is 39.5 Å². The quantitative estimate of drug-likeness (QED) is 0.690. The molecule has 82 valence electrons. The summed E-state index contributed by atoms with van der Waals surface area (Å²) in [4.78, 5) is 0. The summed E-state index contributed by atoms with van der Waals surface area (Å²) in [5, 5.41) is 1.16. The molecule has 1 spiro atoms. The Morgan fingerprint density at radius 1 is 1.43 bits per heavy atom. The molecule has 0 aliphatic heterocycles. The third kappa shape index (κ3) is 1.30. The van der Waals surface area contributed by atoms with E-state index < -0.39 is 0 Å². The molecular weight excluding hydrogens is 240 g/mol. The summed E-state index contributed by atoms with van der Waals surface area (Å²) in [7, 11) is 1.86. The van der Waals surface area contributed by atoms with Gasteiger partial charge in [0.05, 0.1) is 6.10 Å². The van der Waals surface area contributed by atoms with Gasteiger partial charge in [0.2, 0.25) is 0 Å². The van der Waals surface area contributed by atoms with Crippen LogP contribution >= 0.6 is 15.9 Å². The number of hydrogen-bond donors (Lipinski definition) is 0. The molecule has 0 aromatic heterocycles. The minimum Gasteiger partial charge on any atom is -0.381 e. The van der Waals surface area contributed by atoms with E-state index in [1.165, 1.54) is 25.7 Å². The van der Waals surface area contributed by atoms with E-state index in [0.29, 0.717) is 16.9 Å². The Morgan fingerprint density at radius 3 is 2.64 bits per heavy atom. The van der Waals surface area contributed by atoms with Gasteiger partial charge in [-0.3, -0.25) is 0 Å². The molecule has 0 N–H and O–H groups in total. The van der Waals surface area contributed by atoms with Crippen LogP contribution in [0, 0.1) is 16.7 Å². The second-order valence-corrected chi connectivity index (χ2v) is 6.19. The zero-order valence-electron chi connectivity index (χ0n) is 9.48. The summed E-state index contributed by atoms with van der Waals surface area (Å²) in [5.74, 6) is 0.868. The van der Waals surface area contributed by atoms with E-state index in [2.05, 4.69) is 29.8 Å². The van der Waals surface area contributed by atoms with Gasteiger partial charge in [-0.25, -0.2) is 0 Å². The Labute approximate surface area is 95.7 Å². The van der Waals surface area contributed by atoms with E-state index in [-0.39, 0.29) is 0 Å². The molecule has 2 saturated carbocycles. The summed E-state index contributed by atoms with van der Waals surface area (Å²) >= 11 is 3.66. The van der Waals surface area contributed by atoms with Crippen molar-refractivity contribution in [2.24, 2.45) is 16.7 Å². The first kappa shape index (κ1) is 10.9. The highest BCUT2D eigenvalue weighted by Crippen LogP contribution is 2.75. The van der Waals surface area contributed by atoms with Crippen molar-refractivity contribution in [3.05, 3.63) is 0 Å². The highest BCUT2D eigenvalue weighted by molar-refractivity contribution is 9.09. The number of ether oxygens (including phenoxy) is 1. The van der Waals surface area contributed by atoms with E-state index in [1.54, 1.807) is 0 Å². The average molecular weight is 261 g/mol. The van der Waals surface area contributed by atoms with Crippen LogP contribution in [0.4, 0.5) is 0 Å². The first-order valence-corrected chi connectivity index (χ1v) is 6.79. The monoisotopic (exact) mass is 260 g/mol. The lowest BCUT2D eigenvalue weighted by atomic mass is 9.79. The van der Waals surface area contributed by atoms with Crippen LogP contribution in [0.3, 0.4) is 0 Å². The van der Waals surface area contributed by atoms with Gasteiger partial charge in [0.15, 0.2) is 0 Å². The van der Waals surface area contributed by atoms with Gasteiger partial charge in [0.25, 0.3) is 0 Å². The summed E-state index contributed by atoms with van der Waals surface area (Å²) in [6.07, 6.45) is 5.84. The highest BCUT2D eigenvalue weighted by Gasteiger charge is 2.70. The lowest BCUT2D eigenvalue weighted by Crippen LogP contribution is -2.26. The van der Waals surface area contributed by atoms with Crippen molar-refractivity contribution in [3.8, 4) is 0 Å². The molecule has 1 nitrogen and oxygen atoms in total. The SMILES string of the molecule is COC1CCCC2(C1)C(CBr)C2(C)C. The van der Waals surface area contributed by atoms with Gasteiger partial charge in [0, 0.05) is 12.4 Å². The van der Waals surface area contributed by atoms with Gasteiger partial charge >= 0.3 is 0 Å². The predicted octanol–water partition coefficient (Wildman–Crippen LogP) is 3.61. The van der Waals surface area contributed by atoms with Gasteiger partial charge in [-0.1, -0.05) is 36.2 Å². The molecule has 0 saturated heterocycles. The van der Waals surface area contributed by atoms with E-state index >= 15 is 0 Å². The maximum Gasteiger partial charge on any atom is 0.0577 e. The third-order valence-electron chi connectivity index (χ3n) is 4.97. The predicted molar refractivity (Wildman–Crippen MR) is 62.8 cm³/mol. The van der Waals surface area contributed by atoms with E-state index in [9.17, 15) is 0 Å². The minimum absolute atomic E-state index is 0.520. The van der Waals surface area contributed by atoms with Gasteiger partial charge < -0.3 is 4.74 Å². The summed E-state index contributed by atoms with van der Waals surface area (Å²) < 4.78 is 5.54. The molecule has 2 aliphatic rings. The first-order chi connectivity index (χ1) is 6.58. The molecule has 2 heteroatoms. The van der Waals surface area contributed by atoms with Crippen molar-refractivity contribution in [1.82, 2.24) is 0 Å². The maximum absolute atomic E-state index is 5.54. The zero-order valence-corrected chi connectivity index (χ0v) is 11.1. The van der Waals surface area contributed by atoms with E-state index in [1.807, 2.05) is 7.11 Å². The molecule has 0 radical (unpaired) electrons. The van der Waals surface area contributed by atoms with Crippen LogP contribution in [0.25, 0.3) is 0 Å². The number of rotatable bonds is 2. The van der Waals surface area contributed by atoms with Crippen molar-refractivity contribution >= 4 is 15.9 Å². The molecule has 0 heterocycles. The molecule has 0 amide bonds. The summed E-state index contributed by atoms with van der Waals surface area (Å²) in [6.45, 7) is 4.86. The zero-order chi connectivity index (χ0) is 10.4. The fraction of sp³-hybridized carbons (Fsp3) is 1.00. The lowest BCUT2D eigenvalue weighted by Gasteiger charge is -2.31. The first-order valence-electron chi connectivity index (χ1n) is 5.67. The standard InChI is InChI=1S/C12H21BrO/c1-11(2)10(8-13)12(11)6-4-5-9(7-12)14-3/h9-10H,4-8H2,1-3H3. The number of methoxy groups -OCH3 is 1. The van der Waals surface area contributed by atoms with E-state index in [0.717, 1.165) is 11.2 Å². The van der Waals surface area contributed by atoms with E-state index in [4.69, 9.17) is 4.74 Å². The van der Waals surface area contributed by atoms with Crippen LogP contribution in [-0.2, 0) is 4.74 Å². The van der Waals surface area contributed by atoms with Crippen molar-refractivity contribution in [3.63, 3.8) is 0 Å². The minimum atomic E-state index is 0.520.